The summed E-state index contributed by atoms with van der Waals surface area (Å²) in [5.74, 6) is -1.98. The Bertz CT molecular complexity index is 568. The molecule has 0 aromatic heterocycles. The fraction of sp³-hybridized carbons (Fsp3) is 0.364. The van der Waals surface area contributed by atoms with E-state index in [1.54, 1.807) is 0 Å². The van der Waals surface area contributed by atoms with Gasteiger partial charge in [-0.25, -0.2) is 12.8 Å². The highest BCUT2D eigenvalue weighted by Crippen LogP contribution is 2.25. The van der Waals surface area contributed by atoms with Crippen molar-refractivity contribution in [2.75, 3.05) is 11.5 Å². The van der Waals surface area contributed by atoms with Gasteiger partial charge in [0.05, 0.1) is 17.1 Å². The number of halogens is 2. The van der Waals surface area contributed by atoms with Gasteiger partial charge in [0.15, 0.2) is 15.6 Å². The van der Waals surface area contributed by atoms with Gasteiger partial charge in [0.1, 0.15) is 5.82 Å². The average Bonchev–Trinajstić information content (AvgIpc) is 2.58. The van der Waals surface area contributed by atoms with E-state index in [0.717, 1.165) is 6.07 Å². The van der Waals surface area contributed by atoms with Gasteiger partial charge in [-0.05, 0) is 24.6 Å². The summed E-state index contributed by atoms with van der Waals surface area (Å²) in [5.41, 5.74) is -0.0866. The van der Waals surface area contributed by atoms with Crippen molar-refractivity contribution in [3.8, 4) is 0 Å². The summed E-state index contributed by atoms with van der Waals surface area (Å²) < 4.78 is 36.0. The lowest BCUT2D eigenvalue weighted by Gasteiger charge is -2.07. The molecular formula is C11H10ClFO3S. The van der Waals surface area contributed by atoms with E-state index >= 15 is 0 Å². The van der Waals surface area contributed by atoms with Crippen LogP contribution >= 0.6 is 11.6 Å². The van der Waals surface area contributed by atoms with Crippen LogP contribution in [0.5, 0.6) is 0 Å². The number of carbonyl (C=O) groups excluding carboxylic acids is 1. The van der Waals surface area contributed by atoms with Crippen LogP contribution in [0.4, 0.5) is 4.39 Å². The predicted molar refractivity (Wildman–Crippen MR) is 62.5 cm³/mol. The summed E-state index contributed by atoms with van der Waals surface area (Å²) in [6.07, 6.45) is 0.267. The molecule has 0 saturated carbocycles. The van der Waals surface area contributed by atoms with E-state index in [4.69, 9.17) is 11.6 Å². The Balaban J connectivity index is 2.27. The number of rotatable bonds is 2. The zero-order valence-electron chi connectivity index (χ0n) is 8.82. The van der Waals surface area contributed by atoms with Gasteiger partial charge >= 0.3 is 0 Å². The van der Waals surface area contributed by atoms with Crippen LogP contribution in [0.15, 0.2) is 18.2 Å². The first-order valence-electron chi connectivity index (χ1n) is 5.09. The fourth-order valence-electron chi connectivity index (χ4n) is 1.91. The summed E-state index contributed by atoms with van der Waals surface area (Å²) in [6, 6.07) is 3.77. The van der Waals surface area contributed by atoms with Crippen molar-refractivity contribution in [2.45, 2.75) is 6.42 Å². The molecule has 0 spiro atoms. The summed E-state index contributed by atoms with van der Waals surface area (Å²) in [5, 5.41) is 0.207. The number of hydrogen-bond donors (Lipinski definition) is 0. The first-order valence-corrected chi connectivity index (χ1v) is 7.29. The van der Waals surface area contributed by atoms with Gasteiger partial charge in [-0.3, -0.25) is 4.79 Å². The zero-order valence-corrected chi connectivity index (χ0v) is 10.4. The van der Waals surface area contributed by atoms with Crippen molar-refractivity contribution in [3.05, 3.63) is 34.6 Å². The molecule has 1 heterocycles. The molecule has 1 saturated heterocycles. The number of sulfone groups is 1. The topological polar surface area (TPSA) is 51.2 Å². The van der Waals surface area contributed by atoms with Crippen LogP contribution in [0.25, 0.3) is 0 Å². The second kappa shape index (κ2) is 4.38. The Morgan fingerprint density at radius 3 is 2.65 bits per heavy atom. The summed E-state index contributed by atoms with van der Waals surface area (Å²) in [6.45, 7) is 0. The number of ketones is 1. The minimum absolute atomic E-state index is 0.00137. The van der Waals surface area contributed by atoms with E-state index in [2.05, 4.69) is 0 Å². The Morgan fingerprint density at radius 1 is 1.41 bits per heavy atom. The molecule has 0 bridgehead atoms. The van der Waals surface area contributed by atoms with Crippen LogP contribution in [0, 0.1) is 11.7 Å². The molecule has 0 N–H and O–H groups in total. The maximum atomic E-state index is 13.5. The third kappa shape index (κ3) is 2.66. The lowest BCUT2D eigenvalue weighted by molar-refractivity contribution is 0.0929. The van der Waals surface area contributed by atoms with E-state index in [-0.39, 0.29) is 28.5 Å². The van der Waals surface area contributed by atoms with E-state index in [1.165, 1.54) is 12.1 Å². The summed E-state index contributed by atoms with van der Waals surface area (Å²) in [7, 11) is -3.14. The summed E-state index contributed by atoms with van der Waals surface area (Å²) >= 11 is 5.58. The largest absolute Gasteiger partial charge is 0.294 e. The zero-order chi connectivity index (χ0) is 12.6. The lowest BCUT2D eigenvalue weighted by Crippen LogP contribution is -2.17. The van der Waals surface area contributed by atoms with Crippen molar-refractivity contribution in [2.24, 2.45) is 5.92 Å². The molecule has 0 aliphatic carbocycles. The minimum Gasteiger partial charge on any atom is -0.294 e. The molecule has 1 aromatic carbocycles. The number of hydrogen-bond acceptors (Lipinski definition) is 3. The van der Waals surface area contributed by atoms with Gasteiger partial charge in [0, 0.05) is 10.9 Å². The summed E-state index contributed by atoms with van der Waals surface area (Å²) in [4.78, 5) is 11.9. The molecule has 1 aliphatic rings. The maximum absolute atomic E-state index is 13.5. The lowest BCUT2D eigenvalue weighted by atomic mass is 9.97. The van der Waals surface area contributed by atoms with Gasteiger partial charge in [-0.2, -0.15) is 0 Å². The fourth-order valence-corrected chi connectivity index (χ4v) is 3.81. The molecule has 17 heavy (non-hydrogen) atoms. The number of benzene rings is 1. The Kier molecular flexibility index (Phi) is 3.23. The molecule has 1 fully saturated rings. The maximum Gasteiger partial charge on any atom is 0.169 e. The van der Waals surface area contributed by atoms with Gasteiger partial charge < -0.3 is 0 Å². The standard InChI is InChI=1S/C11H10ClFO3S/c12-8-1-2-9(10(13)5-8)11(14)7-3-4-17(15,16)6-7/h1-2,5,7H,3-4,6H2. The Hall–Kier alpha value is -0.940. The average molecular weight is 277 g/mol. The first kappa shape index (κ1) is 12.5. The highest BCUT2D eigenvalue weighted by Gasteiger charge is 2.34. The van der Waals surface area contributed by atoms with Crippen LogP contribution in [0.3, 0.4) is 0 Å². The van der Waals surface area contributed by atoms with E-state index < -0.39 is 27.4 Å². The molecule has 3 nitrogen and oxygen atoms in total. The second-order valence-electron chi connectivity index (χ2n) is 4.09. The molecule has 6 heteroatoms. The Morgan fingerprint density at radius 2 is 2.12 bits per heavy atom. The van der Waals surface area contributed by atoms with Crippen molar-refractivity contribution in [3.63, 3.8) is 0 Å². The van der Waals surface area contributed by atoms with E-state index in [9.17, 15) is 17.6 Å². The smallest absolute Gasteiger partial charge is 0.169 e. The molecule has 1 aromatic rings. The molecule has 0 amide bonds. The normalized spacial score (nSPS) is 22.6. The molecule has 1 unspecified atom stereocenters. The van der Waals surface area contributed by atoms with Crippen LogP contribution < -0.4 is 0 Å². The third-order valence-electron chi connectivity index (χ3n) is 2.80. The number of carbonyl (C=O) groups is 1. The van der Waals surface area contributed by atoms with Crippen LogP contribution in [0.1, 0.15) is 16.8 Å². The molecule has 92 valence electrons. The highest BCUT2D eigenvalue weighted by molar-refractivity contribution is 7.91. The highest BCUT2D eigenvalue weighted by atomic mass is 35.5. The molecule has 1 atom stereocenters. The predicted octanol–water partition coefficient (Wildman–Crippen LogP) is 2.10. The quantitative estimate of drug-likeness (QED) is 0.777. The third-order valence-corrected chi connectivity index (χ3v) is 4.80. The minimum atomic E-state index is -3.14. The van der Waals surface area contributed by atoms with Gasteiger partial charge in [0.25, 0.3) is 0 Å². The van der Waals surface area contributed by atoms with E-state index in [1.807, 2.05) is 0 Å². The van der Waals surface area contributed by atoms with Gasteiger partial charge in [-0.1, -0.05) is 11.6 Å². The van der Waals surface area contributed by atoms with Crippen LogP contribution in [-0.4, -0.2) is 25.7 Å². The monoisotopic (exact) mass is 276 g/mol. The van der Waals surface area contributed by atoms with Crippen LogP contribution in [0.2, 0.25) is 5.02 Å². The molecule has 1 aliphatic heterocycles. The van der Waals surface area contributed by atoms with Gasteiger partial charge in [-0.15, -0.1) is 0 Å². The second-order valence-corrected chi connectivity index (χ2v) is 6.75. The Labute approximate surface area is 104 Å². The van der Waals surface area contributed by atoms with Crippen LogP contribution in [-0.2, 0) is 9.84 Å². The van der Waals surface area contributed by atoms with Crippen molar-refractivity contribution < 1.29 is 17.6 Å². The number of Topliss-reactive ketones (excluding diaryl/α,β-unsaturated/α-hetero) is 1. The van der Waals surface area contributed by atoms with Gasteiger partial charge in [0.2, 0.25) is 0 Å². The van der Waals surface area contributed by atoms with Crippen molar-refractivity contribution in [1.82, 2.24) is 0 Å². The van der Waals surface area contributed by atoms with Crippen molar-refractivity contribution >= 4 is 27.2 Å². The SMILES string of the molecule is O=C(c1ccc(Cl)cc1F)C1CCS(=O)(=O)C1. The molecule has 0 radical (unpaired) electrons. The molecular weight excluding hydrogens is 267 g/mol. The first-order chi connectivity index (χ1) is 7.89. The van der Waals surface area contributed by atoms with Crippen molar-refractivity contribution in [1.29, 1.82) is 0 Å². The van der Waals surface area contributed by atoms with E-state index in [0.29, 0.717) is 0 Å². The molecule has 2 rings (SSSR count).